The van der Waals surface area contributed by atoms with Crippen molar-refractivity contribution in [3.8, 4) is 11.5 Å². The zero-order valence-electron chi connectivity index (χ0n) is 26.0. The summed E-state index contributed by atoms with van der Waals surface area (Å²) in [5.41, 5.74) is 0.699. The Kier molecular flexibility index (Phi) is 11.3. The molecule has 5 rings (SSSR count). The van der Waals surface area contributed by atoms with Gasteiger partial charge in [0.05, 0.1) is 24.4 Å². The number of nitrogens with one attached hydrogen (secondary N) is 1. The summed E-state index contributed by atoms with van der Waals surface area (Å²) in [7, 11) is -2.15. The van der Waals surface area contributed by atoms with Crippen molar-refractivity contribution in [1.29, 1.82) is 0 Å². The summed E-state index contributed by atoms with van der Waals surface area (Å²) in [5, 5.41) is 12.1. The molecule has 0 saturated heterocycles. The molecule has 11 heteroatoms. The molecule has 0 aliphatic carbocycles. The van der Waals surface area contributed by atoms with Crippen molar-refractivity contribution in [3.05, 3.63) is 124 Å². The quantitative estimate of drug-likeness (QED) is 0.151. The van der Waals surface area contributed by atoms with Gasteiger partial charge in [0.25, 0.3) is 5.91 Å². The number of aliphatic hydroxyl groups excluding tert-OH is 1. The highest BCUT2D eigenvalue weighted by atomic mass is 79.9. The van der Waals surface area contributed by atoms with E-state index in [1.54, 1.807) is 61.7 Å². The minimum Gasteiger partial charge on any atom is -0.497 e. The maximum Gasteiger partial charge on any atom is 0.252 e. The fourth-order valence-electron chi connectivity index (χ4n) is 5.31. The van der Waals surface area contributed by atoms with E-state index >= 15 is 0 Å². The molecule has 2 N–H and O–H groups in total. The van der Waals surface area contributed by atoms with Gasteiger partial charge in [-0.15, -0.1) is 0 Å². The number of carbonyl (C=O) groups is 1. The number of sulfone groups is 1. The van der Waals surface area contributed by atoms with Crippen LogP contribution >= 0.6 is 15.9 Å². The van der Waals surface area contributed by atoms with Crippen LogP contribution in [0.3, 0.4) is 0 Å². The first-order valence-corrected chi connectivity index (χ1v) is 17.7. The SMILES string of the molecule is COc1ccc(CCNC(=O)[C@]2(CCS(=O)(=O)c3ccccc3)N=C(c3ccc(OCCCO)cc3)O[C@@H]2c2ccc(Br)cc2)cc1. The van der Waals surface area contributed by atoms with E-state index in [9.17, 15) is 13.2 Å². The number of amides is 1. The predicted molar refractivity (Wildman–Crippen MR) is 184 cm³/mol. The van der Waals surface area contributed by atoms with Gasteiger partial charge < -0.3 is 24.6 Å². The van der Waals surface area contributed by atoms with Crippen LogP contribution in [0.25, 0.3) is 0 Å². The van der Waals surface area contributed by atoms with Gasteiger partial charge in [-0.2, -0.15) is 0 Å². The van der Waals surface area contributed by atoms with Crippen molar-refractivity contribution in [2.24, 2.45) is 4.99 Å². The Morgan fingerprint density at radius 1 is 0.957 bits per heavy atom. The van der Waals surface area contributed by atoms with Gasteiger partial charge in [0.2, 0.25) is 5.90 Å². The molecule has 0 aromatic heterocycles. The topological polar surface area (TPSA) is 124 Å². The average molecular weight is 722 g/mol. The molecule has 0 spiro atoms. The number of aliphatic imine (C=N–C) groups is 1. The number of halogens is 1. The number of rotatable bonds is 15. The van der Waals surface area contributed by atoms with Crippen molar-refractivity contribution in [2.45, 2.75) is 35.8 Å². The molecule has 1 amide bonds. The largest absolute Gasteiger partial charge is 0.497 e. The summed E-state index contributed by atoms with van der Waals surface area (Å²) >= 11 is 3.48. The number of ether oxygens (including phenoxy) is 3. The average Bonchev–Trinajstić information content (AvgIpc) is 3.50. The summed E-state index contributed by atoms with van der Waals surface area (Å²) < 4.78 is 45.3. The van der Waals surface area contributed by atoms with Crippen molar-refractivity contribution in [3.63, 3.8) is 0 Å². The van der Waals surface area contributed by atoms with E-state index < -0.39 is 27.4 Å². The molecule has 246 valence electrons. The second kappa shape index (κ2) is 15.6. The Labute approximate surface area is 283 Å². The Hall–Kier alpha value is -4.19. The third-order valence-corrected chi connectivity index (χ3v) is 10.2. The Bertz CT molecular complexity index is 1770. The molecule has 1 aliphatic heterocycles. The molecule has 0 radical (unpaired) electrons. The lowest BCUT2D eigenvalue weighted by atomic mass is 9.85. The first-order chi connectivity index (χ1) is 22.7. The minimum atomic E-state index is -3.76. The smallest absolute Gasteiger partial charge is 0.252 e. The molecule has 4 aromatic carbocycles. The highest BCUT2D eigenvalue weighted by molar-refractivity contribution is 9.10. The highest BCUT2D eigenvalue weighted by Crippen LogP contribution is 2.43. The molecule has 1 heterocycles. The number of aliphatic hydroxyl groups is 1. The van der Waals surface area contributed by atoms with Crippen LogP contribution in [-0.2, 0) is 25.8 Å². The number of nitrogens with zero attached hydrogens (tertiary/aromatic N) is 1. The van der Waals surface area contributed by atoms with Gasteiger partial charge in [0.15, 0.2) is 21.5 Å². The molecule has 0 unspecified atom stereocenters. The first kappa shape index (κ1) is 34.2. The van der Waals surface area contributed by atoms with Crippen molar-refractivity contribution in [2.75, 3.05) is 32.6 Å². The zero-order valence-corrected chi connectivity index (χ0v) is 28.4. The van der Waals surface area contributed by atoms with Crippen LogP contribution in [0, 0.1) is 0 Å². The van der Waals surface area contributed by atoms with E-state index in [1.807, 2.05) is 48.5 Å². The predicted octanol–water partition coefficient (Wildman–Crippen LogP) is 5.70. The molecule has 0 fully saturated rings. The highest BCUT2D eigenvalue weighted by Gasteiger charge is 2.53. The van der Waals surface area contributed by atoms with Gasteiger partial charge in [-0.3, -0.25) is 4.79 Å². The van der Waals surface area contributed by atoms with Crippen LogP contribution in [0.2, 0.25) is 0 Å². The number of carbonyl (C=O) groups excluding carboxylic acids is 1. The minimum absolute atomic E-state index is 0.0322. The van der Waals surface area contributed by atoms with Crippen molar-refractivity contribution >= 4 is 37.6 Å². The zero-order chi connectivity index (χ0) is 33.3. The Balaban J connectivity index is 1.49. The molecule has 2 atom stereocenters. The molecule has 1 aliphatic rings. The standard InChI is InChI=1S/C36H37BrN2O7S/c1-44-30-16-8-26(9-17-30)20-22-38-35(41)36(21-25-47(42,43)32-6-3-2-4-7-32)33(27-10-14-29(37)15-11-27)46-34(39-36)28-12-18-31(19-13-28)45-24-5-23-40/h2-4,6-19,33,40H,5,20-25H2,1H3,(H,38,41)/t33-,36-/m1/s1. The fourth-order valence-corrected chi connectivity index (χ4v) is 6.96. The van der Waals surface area contributed by atoms with Gasteiger partial charge in [-0.05, 0) is 78.2 Å². The van der Waals surface area contributed by atoms with Gasteiger partial charge in [0, 0.05) is 36.0 Å². The summed E-state index contributed by atoms with van der Waals surface area (Å²) in [6.07, 6.45) is 0.0318. The van der Waals surface area contributed by atoms with E-state index in [4.69, 9.17) is 24.3 Å². The maximum absolute atomic E-state index is 14.4. The van der Waals surface area contributed by atoms with E-state index in [2.05, 4.69) is 21.2 Å². The summed E-state index contributed by atoms with van der Waals surface area (Å²) in [5.74, 6) is 0.821. The van der Waals surface area contributed by atoms with Gasteiger partial charge >= 0.3 is 0 Å². The summed E-state index contributed by atoms with van der Waals surface area (Å²) in [6.45, 7) is 0.704. The van der Waals surface area contributed by atoms with E-state index in [0.717, 1.165) is 15.8 Å². The molecular weight excluding hydrogens is 684 g/mol. The van der Waals surface area contributed by atoms with Crippen LogP contribution in [0.5, 0.6) is 11.5 Å². The van der Waals surface area contributed by atoms with E-state index in [-0.39, 0.29) is 29.6 Å². The second-order valence-electron chi connectivity index (χ2n) is 11.1. The lowest BCUT2D eigenvalue weighted by molar-refractivity contribution is -0.129. The second-order valence-corrected chi connectivity index (χ2v) is 14.1. The van der Waals surface area contributed by atoms with Crippen LogP contribution < -0.4 is 14.8 Å². The van der Waals surface area contributed by atoms with E-state index in [0.29, 0.717) is 42.9 Å². The lowest BCUT2D eigenvalue weighted by Gasteiger charge is -2.30. The molecule has 0 saturated carbocycles. The first-order valence-electron chi connectivity index (χ1n) is 15.3. The monoisotopic (exact) mass is 720 g/mol. The van der Waals surface area contributed by atoms with Crippen LogP contribution in [-0.4, -0.2) is 63.5 Å². The molecule has 4 aromatic rings. The van der Waals surface area contributed by atoms with Crippen LogP contribution in [0.4, 0.5) is 0 Å². The van der Waals surface area contributed by atoms with E-state index in [1.165, 1.54) is 0 Å². The molecular formula is C36H37BrN2O7S. The van der Waals surface area contributed by atoms with Gasteiger partial charge in [-0.1, -0.05) is 58.4 Å². The maximum atomic E-state index is 14.4. The van der Waals surface area contributed by atoms with Crippen molar-refractivity contribution in [1.82, 2.24) is 5.32 Å². The third-order valence-electron chi connectivity index (χ3n) is 7.92. The molecule has 9 nitrogen and oxygen atoms in total. The summed E-state index contributed by atoms with van der Waals surface area (Å²) in [6, 6.07) is 30.3. The lowest BCUT2D eigenvalue weighted by Crippen LogP contribution is -2.49. The number of benzene rings is 4. The molecule has 47 heavy (non-hydrogen) atoms. The molecule has 0 bridgehead atoms. The van der Waals surface area contributed by atoms with Crippen LogP contribution in [0.15, 0.2) is 117 Å². The normalized spacial score (nSPS) is 17.4. The fraction of sp³-hybridized carbons (Fsp3) is 0.278. The van der Waals surface area contributed by atoms with Crippen molar-refractivity contribution < 1.29 is 32.5 Å². The number of methoxy groups -OCH3 is 1. The van der Waals surface area contributed by atoms with Gasteiger partial charge in [-0.25, -0.2) is 13.4 Å². The third kappa shape index (κ3) is 8.40. The Morgan fingerprint density at radius 2 is 1.64 bits per heavy atom. The van der Waals surface area contributed by atoms with Crippen LogP contribution in [0.1, 0.15) is 35.6 Å². The number of hydrogen-bond donors (Lipinski definition) is 2. The van der Waals surface area contributed by atoms with Gasteiger partial charge in [0.1, 0.15) is 11.5 Å². The Morgan fingerprint density at radius 3 is 2.30 bits per heavy atom. The number of hydrogen-bond acceptors (Lipinski definition) is 8. The summed E-state index contributed by atoms with van der Waals surface area (Å²) in [4.78, 5) is 19.5.